The molecule has 114 valence electrons. The summed E-state index contributed by atoms with van der Waals surface area (Å²) in [5, 5.41) is 12.5. The molecule has 5 nitrogen and oxygen atoms in total. The molecule has 2 unspecified atom stereocenters. The van der Waals surface area contributed by atoms with E-state index in [1.807, 2.05) is 18.3 Å². The standard InChI is InChI=1S/C15H19BrN2O3/c16-13-5-4-12(8-18-13)15(21-9-14(19)20)10-2-1-3-11(15)7-17-6-10/h4-5,8,10-11,17H,1-3,6-7,9H2,(H,19,20). The molecule has 0 radical (unpaired) electrons. The second-order valence-electron chi connectivity index (χ2n) is 5.83. The van der Waals surface area contributed by atoms with Gasteiger partial charge in [-0.1, -0.05) is 12.5 Å². The first kappa shape index (κ1) is 14.9. The zero-order valence-corrected chi connectivity index (χ0v) is 13.3. The van der Waals surface area contributed by atoms with Crippen LogP contribution in [0.5, 0.6) is 0 Å². The van der Waals surface area contributed by atoms with Gasteiger partial charge in [0.25, 0.3) is 0 Å². The summed E-state index contributed by atoms with van der Waals surface area (Å²) in [6, 6.07) is 3.91. The lowest BCUT2D eigenvalue weighted by atomic mass is 9.63. The van der Waals surface area contributed by atoms with Crippen molar-refractivity contribution in [2.45, 2.75) is 24.9 Å². The molecule has 0 amide bonds. The van der Waals surface area contributed by atoms with E-state index in [-0.39, 0.29) is 6.61 Å². The zero-order valence-electron chi connectivity index (χ0n) is 11.7. The Morgan fingerprint density at radius 1 is 1.43 bits per heavy atom. The Morgan fingerprint density at radius 2 is 2.14 bits per heavy atom. The first-order chi connectivity index (χ1) is 10.1. The summed E-state index contributed by atoms with van der Waals surface area (Å²) >= 11 is 3.35. The summed E-state index contributed by atoms with van der Waals surface area (Å²) in [7, 11) is 0. The second kappa shape index (κ2) is 6.02. The summed E-state index contributed by atoms with van der Waals surface area (Å²) in [4.78, 5) is 15.3. The summed E-state index contributed by atoms with van der Waals surface area (Å²) in [6.07, 6.45) is 5.11. The van der Waals surface area contributed by atoms with Crippen LogP contribution >= 0.6 is 15.9 Å². The molecule has 0 aromatic carbocycles. The molecule has 1 aromatic rings. The van der Waals surface area contributed by atoms with Gasteiger partial charge in [0.2, 0.25) is 0 Å². The fourth-order valence-corrected chi connectivity index (χ4v) is 4.13. The molecular weight excluding hydrogens is 336 g/mol. The Hall–Kier alpha value is -0.980. The van der Waals surface area contributed by atoms with Gasteiger partial charge in [-0.15, -0.1) is 0 Å². The number of carbonyl (C=O) groups is 1. The van der Waals surface area contributed by atoms with E-state index in [1.165, 1.54) is 6.42 Å². The molecule has 2 atom stereocenters. The number of rotatable bonds is 4. The topological polar surface area (TPSA) is 71.5 Å². The number of pyridine rings is 1. The first-order valence-electron chi connectivity index (χ1n) is 7.31. The fraction of sp³-hybridized carbons (Fsp3) is 0.600. The van der Waals surface area contributed by atoms with Crippen molar-refractivity contribution < 1.29 is 14.6 Å². The van der Waals surface area contributed by atoms with Crippen LogP contribution < -0.4 is 5.32 Å². The average Bonchev–Trinajstić information content (AvgIpc) is 2.45. The van der Waals surface area contributed by atoms with Crippen LogP contribution in [0.3, 0.4) is 0 Å². The quantitative estimate of drug-likeness (QED) is 0.810. The number of fused-ring (bicyclic) bond motifs is 2. The molecule has 1 aromatic heterocycles. The molecule has 3 rings (SSSR count). The Balaban J connectivity index is 2.01. The minimum Gasteiger partial charge on any atom is -0.480 e. The van der Waals surface area contributed by atoms with Crippen LogP contribution in [-0.2, 0) is 15.1 Å². The van der Waals surface area contributed by atoms with Crippen LogP contribution in [0.2, 0.25) is 0 Å². The highest BCUT2D eigenvalue weighted by atomic mass is 79.9. The predicted molar refractivity (Wildman–Crippen MR) is 80.9 cm³/mol. The smallest absolute Gasteiger partial charge is 0.329 e. The third kappa shape index (κ3) is 2.72. The number of nitrogens with zero attached hydrogens (tertiary/aromatic N) is 1. The van der Waals surface area contributed by atoms with E-state index >= 15 is 0 Å². The first-order valence-corrected chi connectivity index (χ1v) is 8.10. The van der Waals surface area contributed by atoms with E-state index in [0.29, 0.717) is 11.8 Å². The molecule has 0 spiro atoms. The van der Waals surface area contributed by atoms with Crippen molar-refractivity contribution in [3.63, 3.8) is 0 Å². The maximum atomic E-state index is 11.0. The van der Waals surface area contributed by atoms with Crippen molar-refractivity contribution >= 4 is 21.9 Å². The van der Waals surface area contributed by atoms with Crippen LogP contribution in [0, 0.1) is 11.8 Å². The van der Waals surface area contributed by atoms with Gasteiger partial charge in [0, 0.05) is 36.7 Å². The van der Waals surface area contributed by atoms with Crippen LogP contribution in [-0.4, -0.2) is 35.8 Å². The van der Waals surface area contributed by atoms with Crippen LogP contribution in [0.1, 0.15) is 24.8 Å². The lowest BCUT2D eigenvalue weighted by Gasteiger charge is -2.52. The van der Waals surface area contributed by atoms with Crippen molar-refractivity contribution in [3.05, 3.63) is 28.5 Å². The van der Waals surface area contributed by atoms with Crippen molar-refractivity contribution in [2.24, 2.45) is 11.8 Å². The highest BCUT2D eigenvalue weighted by Crippen LogP contribution is 2.50. The van der Waals surface area contributed by atoms with Gasteiger partial charge in [0.05, 0.1) is 0 Å². The zero-order chi connectivity index (χ0) is 14.9. The minimum absolute atomic E-state index is 0.261. The molecule has 1 saturated carbocycles. The largest absolute Gasteiger partial charge is 0.480 e. The van der Waals surface area contributed by atoms with Crippen molar-refractivity contribution in [1.29, 1.82) is 0 Å². The number of halogens is 1. The number of nitrogens with one attached hydrogen (secondary N) is 1. The maximum absolute atomic E-state index is 11.0. The summed E-state index contributed by atoms with van der Waals surface area (Å²) in [5.41, 5.74) is 0.485. The van der Waals surface area contributed by atoms with Gasteiger partial charge in [0.15, 0.2) is 0 Å². The van der Waals surface area contributed by atoms with Crippen molar-refractivity contribution in [3.8, 4) is 0 Å². The van der Waals surface area contributed by atoms with Gasteiger partial charge in [0.1, 0.15) is 16.8 Å². The summed E-state index contributed by atoms with van der Waals surface area (Å²) < 4.78 is 6.81. The minimum atomic E-state index is -0.920. The molecule has 2 heterocycles. The molecule has 1 aliphatic carbocycles. The predicted octanol–water partition coefficient (Wildman–Crippen LogP) is 2.16. The third-order valence-corrected chi connectivity index (χ3v) is 5.18. The highest BCUT2D eigenvalue weighted by Gasteiger charge is 2.52. The van der Waals surface area contributed by atoms with Crippen molar-refractivity contribution in [1.82, 2.24) is 10.3 Å². The van der Waals surface area contributed by atoms with Crippen LogP contribution in [0.15, 0.2) is 22.9 Å². The summed E-state index contributed by atoms with van der Waals surface area (Å²) in [6.45, 7) is 1.47. The number of carboxylic acids is 1. The molecule has 2 fully saturated rings. The van der Waals surface area contributed by atoms with Crippen LogP contribution in [0.25, 0.3) is 0 Å². The van der Waals surface area contributed by atoms with Gasteiger partial charge in [-0.2, -0.15) is 0 Å². The number of aliphatic carboxylic acids is 1. The maximum Gasteiger partial charge on any atom is 0.329 e. The molecule has 2 N–H and O–H groups in total. The molecule has 2 bridgehead atoms. The van der Waals surface area contributed by atoms with E-state index in [1.54, 1.807) is 0 Å². The van der Waals surface area contributed by atoms with Gasteiger partial charge in [-0.05, 0) is 34.8 Å². The SMILES string of the molecule is O=C(O)COC1(c2ccc(Br)nc2)C2CCCC1CNC2. The summed E-state index contributed by atoms with van der Waals surface area (Å²) in [5.74, 6) is -0.323. The Morgan fingerprint density at radius 3 is 2.71 bits per heavy atom. The van der Waals surface area contributed by atoms with E-state index in [2.05, 4.69) is 26.2 Å². The van der Waals surface area contributed by atoms with E-state index in [0.717, 1.165) is 36.1 Å². The molecule has 6 heteroatoms. The highest BCUT2D eigenvalue weighted by molar-refractivity contribution is 9.10. The van der Waals surface area contributed by atoms with Crippen molar-refractivity contribution in [2.75, 3.05) is 19.7 Å². The molecule has 21 heavy (non-hydrogen) atoms. The molecule has 1 saturated heterocycles. The number of hydrogen-bond donors (Lipinski definition) is 2. The van der Waals surface area contributed by atoms with E-state index < -0.39 is 11.6 Å². The van der Waals surface area contributed by atoms with E-state index in [9.17, 15) is 4.79 Å². The Kier molecular flexibility index (Phi) is 4.28. The third-order valence-electron chi connectivity index (χ3n) is 4.71. The Bertz CT molecular complexity index is 498. The average molecular weight is 355 g/mol. The molecular formula is C15H19BrN2O3. The Labute approximate surface area is 132 Å². The van der Waals surface area contributed by atoms with Gasteiger partial charge in [-0.3, -0.25) is 0 Å². The number of carboxylic acid groups (broad SMARTS) is 1. The fourth-order valence-electron chi connectivity index (χ4n) is 3.89. The second-order valence-corrected chi connectivity index (χ2v) is 6.64. The lowest BCUT2D eigenvalue weighted by Crippen LogP contribution is -2.58. The van der Waals surface area contributed by atoms with Gasteiger partial charge >= 0.3 is 5.97 Å². The lowest BCUT2D eigenvalue weighted by molar-refractivity contribution is -0.181. The number of piperidine rings is 1. The van der Waals surface area contributed by atoms with Gasteiger partial charge in [-0.25, -0.2) is 9.78 Å². The molecule has 1 aliphatic heterocycles. The number of hydrogen-bond acceptors (Lipinski definition) is 4. The van der Waals surface area contributed by atoms with Crippen LogP contribution in [0.4, 0.5) is 0 Å². The molecule has 2 aliphatic rings. The number of ether oxygens (including phenoxy) is 1. The van der Waals surface area contributed by atoms with E-state index in [4.69, 9.17) is 9.84 Å². The normalized spacial score (nSPS) is 31.9. The number of aromatic nitrogens is 1. The monoisotopic (exact) mass is 354 g/mol. The van der Waals surface area contributed by atoms with Gasteiger partial charge < -0.3 is 15.2 Å².